The van der Waals surface area contributed by atoms with Crippen LogP contribution in [0.3, 0.4) is 0 Å². The molecule has 0 aromatic carbocycles. The smallest absolute Gasteiger partial charge is 0.226 e. The topological polar surface area (TPSA) is 32.3 Å². The van der Waals surface area contributed by atoms with Gasteiger partial charge in [-0.15, -0.1) is 0 Å². The van der Waals surface area contributed by atoms with Gasteiger partial charge in [-0.2, -0.15) is 0 Å². The molecule has 3 rings (SSSR count). The zero-order valence-corrected chi connectivity index (χ0v) is 11.0. The summed E-state index contributed by atoms with van der Waals surface area (Å²) in [6, 6.07) is 0.955. The van der Waals surface area contributed by atoms with Gasteiger partial charge in [-0.25, -0.2) is 0 Å². The van der Waals surface area contributed by atoms with Crippen molar-refractivity contribution in [2.45, 2.75) is 58.0 Å². The van der Waals surface area contributed by atoms with Crippen molar-refractivity contribution in [3.8, 4) is 0 Å². The van der Waals surface area contributed by atoms with E-state index in [1.807, 2.05) is 0 Å². The van der Waals surface area contributed by atoms with E-state index in [1.54, 1.807) is 0 Å². The first kappa shape index (κ1) is 11.5. The molecule has 3 aliphatic rings. The SMILES string of the molecule is CC(C)N(C(=O)C1CC12CCNCC2)C1CC1. The second-order valence-corrected chi connectivity index (χ2v) is 6.44. The summed E-state index contributed by atoms with van der Waals surface area (Å²) in [6.45, 7) is 6.53. The third-order valence-electron chi connectivity index (χ3n) is 4.84. The van der Waals surface area contributed by atoms with E-state index in [0.717, 1.165) is 19.5 Å². The molecular weight excluding hydrogens is 212 g/mol. The molecule has 1 aliphatic heterocycles. The second-order valence-electron chi connectivity index (χ2n) is 6.44. The summed E-state index contributed by atoms with van der Waals surface area (Å²) in [5.41, 5.74) is 0.393. The third kappa shape index (κ3) is 1.99. The average molecular weight is 236 g/mol. The van der Waals surface area contributed by atoms with Gasteiger partial charge < -0.3 is 10.2 Å². The van der Waals surface area contributed by atoms with Crippen LogP contribution in [0.4, 0.5) is 0 Å². The van der Waals surface area contributed by atoms with Crippen LogP contribution in [0.2, 0.25) is 0 Å². The van der Waals surface area contributed by atoms with E-state index in [-0.39, 0.29) is 0 Å². The lowest BCUT2D eigenvalue weighted by atomic mass is 9.91. The van der Waals surface area contributed by atoms with Gasteiger partial charge in [-0.1, -0.05) is 0 Å². The second kappa shape index (κ2) is 3.98. The lowest BCUT2D eigenvalue weighted by Gasteiger charge is -2.29. The molecule has 17 heavy (non-hydrogen) atoms. The van der Waals surface area contributed by atoms with Gasteiger partial charge in [0.25, 0.3) is 0 Å². The van der Waals surface area contributed by atoms with Crippen molar-refractivity contribution in [2.24, 2.45) is 11.3 Å². The Bertz CT molecular complexity index is 314. The number of piperidine rings is 1. The van der Waals surface area contributed by atoms with Crippen LogP contribution in [0, 0.1) is 11.3 Å². The molecule has 96 valence electrons. The number of hydrogen-bond acceptors (Lipinski definition) is 2. The zero-order valence-electron chi connectivity index (χ0n) is 11.0. The fourth-order valence-electron chi connectivity index (χ4n) is 3.56. The standard InChI is InChI=1S/C14H24N2O/c1-10(2)16(11-3-4-11)13(17)12-9-14(12)5-7-15-8-6-14/h10-12,15H,3-9H2,1-2H3. The van der Waals surface area contributed by atoms with E-state index in [9.17, 15) is 4.79 Å². The number of hydrogen-bond donors (Lipinski definition) is 1. The normalized spacial score (nSPS) is 30.6. The quantitative estimate of drug-likeness (QED) is 0.810. The number of rotatable bonds is 3. The lowest BCUT2D eigenvalue weighted by Crippen LogP contribution is -2.41. The van der Waals surface area contributed by atoms with E-state index in [0.29, 0.717) is 29.3 Å². The molecule has 0 bridgehead atoms. The van der Waals surface area contributed by atoms with Crippen LogP contribution in [0.1, 0.15) is 46.0 Å². The summed E-state index contributed by atoms with van der Waals surface area (Å²) in [5.74, 6) is 0.817. The van der Waals surface area contributed by atoms with Crippen LogP contribution in [0.25, 0.3) is 0 Å². The molecule has 1 amide bonds. The highest BCUT2D eigenvalue weighted by molar-refractivity contribution is 5.83. The molecule has 2 aliphatic carbocycles. The number of nitrogens with zero attached hydrogens (tertiary/aromatic N) is 1. The van der Waals surface area contributed by atoms with Crippen molar-refractivity contribution in [2.75, 3.05) is 13.1 Å². The van der Waals surface area contributed by atoms with Gasteiger partial charge in [0.2, 0.25) is 5.91 Å². The summed E-state index contributed by atoms with van der Waals surface area (Å²) in [6.07, 6.45) is 6.03. The van der Waals surface area contributed by atoms with Crippen LogP contribution in [0.15, 0.2) is 0 Å². The molecule has 0 aromatic rings. The molecule has 1 N–H and O–H groups in total. The molecule has 2 saturated carbocycles. The molecule has 3 nitrogen and oxygen atoms in total. The highest BCUT2D eigenvalue weighted by Crippen LogP contribution is 2.59. The maximum Gasteiger partial charge on any atom is 0.226 e. The Kier molecular flexibility index (Phi) is 2.69. The van der Waals surface area contributed by atoms with Crippen LogP contribution in [-0.4, -0.2) is 36.0 Å². The minimum atomic E-state index is 0.354. The molecule has 0 aromatic heterocycles. The molecule has 3 heteroatoms. The fourth-order valence-corrected chi connectivity index (χ4v) is 3.56. The maximum atomic E-state index is 12.6. The largest absolute Gasteiger partial charge is 0.337 e. The highest BCUT2D eigenvalue weighted by Gasteiger charge is 2.59. The first-order valence-electron chi connectivity index (χ1n) is 7.17. The van der Waals surface area contributed by atoms with E-state index >= 15 is 0 Å². The molecule has 1 atom stereocenters. The number of nitrogens with one attached hydrogen (secondary N) is 1. The van der Waals surface area contributed by atoms with Crippen molar-refractivity contribution in [3.63, 3.8) is 0 Å². The van der Waals surface area contributed by atoms with Crippen molar-refractivity contribution in [1.82, 2.24) is 10.2 Å². The Hall–Kier alpha value is -0.570. The Morgan fingerprint density at radius 1 is 1.29 bits per heavy atom. The maximum absolute atomic E-state index is 12.6. The summed E-state index contributed by atoms with van der Waals surface area (Å²) >= 11 is 0. The number of carbonyl (C=O) groups excluding carboxylic acids is 1. The Morgan fingerprint density at radius 2 is 1.94 bits per heavy atom. The molecule has 1 unspecified atom stereocenters. The Balaban J connectivity index is 1.66. The molecule has 0 radical (unpaired) electrons. The molecule has 1 saturated heterocycles. The average Bonchev–Trinajstić information content (AvgIpc) is 3.17. The molecule has 1 heterocycles. The van der Waals surface area contributed by atoms with Crippen LogP contribution in [-0.2, 0) is 4.79 Å². The van der Waals surface area contributed by atoms with Gasteiger partial charge in [-0.3, -0.25) is 4.79 Å². The Morgan fingerprint density at radius 3 is 2.47 bits per heavy atom. The minimum absolute atomic E-state index is 0.354. The molecule has 3 fully saturated rings. The predicted octanol–water partition coefficient (Wildman–Crippen LogP) is 1.78. The van der Waals surface area contributed by atoms with E-state index in [1.165, 1.54) is 25.7 Å². The van der Waals surface area contributed by atoms with E-state index < -0.39 is 0 Å². The van der Waals surface area contributed by atoms with Crippen molar-refractivity contribution >= 4 is 5.91 Å². The fraction of sp³-hybridized carbons (Fsp3) is 0.929. The first-order chi connectivity index (χ1) is 8.14. The van der Waals surface area contributed by atoms with Gasteiger partial charge in [0.1, 0.15) is 0 Å². The summed E-state index contributed by atoms with van der Waals surface area (Å²) in [7, 11) is 0. The Labute approximate surface area is 104 Å². The van der Waals surface area contributed by atoms with Gasteiger partial charge in [0.15, 0.2) is 0 Å². The summed E-state index contributed by atoms with van der Waals surface area (Å²) in [5, 5.41) is 3.40. The van der Waals surface area contributed by atoms with Gasteiger partial charge in [-0.05, 0) is 64.5 Å². The van der Waals surface area contributed by atoms with Crippen LogP contribution in [0.5, 0.6) is 0 Å². The first-order valence-corrected chi connectivity index (χ1v) is 7.17. The van der Waals surface area contributed by atoms with Gasteiger partial charge in [0, 0.05) is 18.0 Å². The minimum Gasteiger partial charge on any atom is -0.337 e. The zero-order chi connectivity index (χ0) is 12.0. The van der Waals surface area contributed by atoms with Crippen LogP contribution < -0.4 is 5.32 Å². The molecule has 1 spiro atoms. The predicted molar refractivity (Wildman–Crippen MR) is 67.6 cm³/mol. The summed E-state index contributed by atoms with van der Waals surface area (Å²) < 4.78 is 0. The van der Waals surface area contributed by atoms with Crippen molar-refractivity contribution in [3.05, 3.63) is 0 Å². The number of carbonyl (C=O) groups is 1. The monoisotopic (exact) mass is 236 g/mol. The third-order valence-corrected chi connectivity index (χ3v) is 4.84. The van der Waals surface area contributed by atoms with Crippen molar-refractivity contribution < 1.29 is 4.79 Å². The highest BCUT2D eigenvalue weighted by atomic mass is 16.2. The van der Waals surface area contributed by atoms with Gasteiger partial charge in [0.05, 0.1) is 0 Å². The van der Waals surface area contributed by atoms with Crippen molar-refractivity contribution in [1.29, 1.82) is 0 Å². The van der Waals surface area contributed by atoms with Gasteiger partial charge >= 0.3 is 0 Å². The number of amides is 1. The molecular formula is C14H24N2O. The van der Waals surface area contributed by atoms with E-state index in [2.05, 4.69) is 24.1 Å². The van der Waals surface area contributed by atoms with Crippen LogP contribution >= 0.6 is 0 Å². The summed E-state index contributed by atoms with van der Waals surface area (Å²) in [4.78, 5) is 14.8. The lowest BCUT2D eigenvalue weighted by molar-refractivity contribution is -0.136. The van der Waals surface area contributed by atoms with E-state index in [4.69, 9.17) is 0 Å².